The van der Waals surface area contributed by atoms with E-state index in [4.69, 9.17) is 5.73 Å². The van der Waals surface area contributed by atoms with E-state index in [1.165, 1.54) is 5.56 Å². The highest BCUT2D eigenvalue weighted by Gasteiger charge is 2.18. The number of benzene rings is 1. The molecule has 1 atom stereocenters. The number of piperidine rings is 1. The van der Waals surface area contributed by atoms with Gasteiger partial charge in [-0.05, 0) is 68.0 Å². The number of nitrogens with zero attached hydrogens (tertiary/aromatic N) is 1. The summed E-state index contributed by atoms with van der Waals surface area (Å²) in [5.74, 6) is 1.22. The molecule has 0 bridgehead atoms. The Morgan fingerprint density at radius 2 is 2.21 bits per heavy atom. The fourth-order valence-corrected chi connectivity index (χ4v) is 3.43. The van der Waals surface area contributed by atoms with Crippen LogP contribution in [0, 0.1) is 5.92 Å². The molecule has 1 saturated heterocycles. The second-order valence-corrected chi connectivity index (χ2v) is 7.47. The SMILES string of the molecule is CSCC[C@H](N)C(=O)Nc1cccc(CN2CCC(CO)CC2)c1. The van der Waals surface area contributed by atoms with Crippen molar-refractivity contribution in [2.75, 3.05) is 37.0 Å². The van der Waals surface area contributed by atoms with Gasteiger partial charge in [-0.3, -0.25) is 9.69 Å². The third-order valence-corrected chi connectivity index (χ3v) is 5.18. The first-order chi connectivity index (χ1) is 11.6. The van der Waals surface area contributed by atoms with Crippen LogP contribution in [-0.2, 0) is 11.3 Å². The summed E-state index contributed by atoms with van der Waals surface area (Å²) in [7, 11) is 0. The number of nitrogens with two attached hydrogens (primary N) is 1. The van der Waals surface area contributed by atoms with Gasteiger partial charge in [0.25, 0.3) is 0 Å². The van der Waals surface area contributed by atoms with Gasteiger partial charge < -0.3 is 16.2 Å². The van der Waals surface area contributed by atoms with E-state index < -0.39 is 6.04 Å². The summed E-state index contributed by atoms with van der Waals surface area (Å²) in [4.78, 5) is 14.5. The van der Waals surface area contributed by atoms with Crippen LogP contribution in [-0.4, -0.2) is 53.7 Å². The van der Waals surface area contributed by atoms with E-state index in [0.29, 0.717) is 18.9 Å². The zero-order valence-electron chi connectivity index (χ0n) is 14.4. The summed E-state index contributed by atoms with van der Waals surface area (Å²) >= 11 is 1.70. The van der Waals surface area contributed by atoms with Gasteiger partial charge >= 0.3 is 0 Å². The number of hydrogen-bond donors (Lipinski definition) is 3. The third-order valence-electron chi connectivity index (χ3n) is 4.54. The molecule has 4 N–H and O–H groups in total. The van der Waals surface area contributed by atoms with E-state index in [9.17, 15) is 9.90 Å². The van der Waals surface area contributed by atoms with Crippen molar-refractivity contribution in [2.45, 2.75) is 31.8 Å². The number of thioether (sulfide) groups is 1. The lowest BCUT2D eigenvalue weighted by Crippen LogP contribution is -2.36. The van der Waals surface area contributed by atoms with Gasteiger partial charge in [0, 0.05) is 18.8 Å². The standard InChI is InChI=1S/C18H29N3O2S/c1-24-10-7-17(19)18(23)20-16-4-2-3-15(11-16)12-21-8-5-14(13-22)6-9-21/h2-4,11,14,17,22H,5-10,12-13,19H2,1H3,(H,20,23)/t17-/m0/s1. The summed E-state index contributed by atoms with van der Waals surface area (Å²) in [6.07, 6.45) is 4.80. The molecule has 24 heavy (non-hydrogen) atoms. The molecule has 1 aliphatic heterocycles. The second kappa shape index (κ2) is 10.0. The van der Waals surface area contributed by atoms with Gasteiger partial charge in [-0.1, -0.05) is 12.1 Å². The quantitative estimate of drug-likeness (QED) is 0.667. The Hall–Kier alpha value is -1.08. The highest BCUT2D eigenvalue weighted by Crippen LogP contribution is 2.19. The molecule has 1 aromatic rings. The Labute approximate surface area is 149 Å². The van der Waals surface area contributed by atoms with E-state index in [1.54, 1.807) is 11.8 Å². The topological polar surface area (TPSA) is 78.6 Å². The normalized spacial score (nSPS) is 17.6. The Balaban J connectivity index is 1.86. The number of carbonyl (C=O) groups excluding carboxylic acids is 1. The van der Waals surface area contributed by atoms with E-state index in [0.717, 1.165) is 43.9 Å². The fourth-order valence-electron chi connectivity index (χ4n) is 2.94. The van der Waals surface area contributed by atoms with Gasteiger partial charge in [0.15, 0.2) is 0 Å². The van der Waals surface area contributed by atoms with Crippen molar-refractivity contribution < 1.29 is 9.90 Å². The molecular weight excluding hydrogens is 322 g/mol. The Morgan fingerprint density at radius 1 is 1.46 bits per heavy atom. The maximum atomic E-state index is 12.1. The molecule has 0 radical (unpaired) electrons. The summed E-state index contributed by atoms with van der Waals surface area (Å²) in [6, 6.07) is 7.52. The largest absolute Gasteiger partial charge is 0.396 e. The predicted octanol–water partition coefficient (Wildman–Crippen LogP) is 1.91. The number of carbonyl (C=O) groups is 1. The summed E-state index contributed by atoms with van der Waals surface area (Å²) < 4.78 is 0. The molecule has 0 aromatic heterocycles. The smallest absolute Gasteiger partial charge is 0.241 e. The summed E-state index contributed by atoms with van der Waals surface area (Å²) in [5.41, 5.74) is 7.91. The number of hydrogen-bond acceptors (Lipinski definition) is 5. The van der Waals surface area contributed by atoms with Crippen molar-refractivity contribution >= 4 is 23.4 Å². The van der Waals surface area contributed by atoms with Crippen LogP contribution >= 0.6 is 11.8 Å². The van der Waals surface area contributed by atoms with Crippen LogP contribution in [0.3, 0.4) is 0 Å². The van der Waals surface area contributed by atoms with Crippen molar-refractivity contribution in [1.29, 1.82) is 0 Å². The van der Waals surface area contributed by atoms with Crippen LogP contribution in [0.2, 0.25) is 0 Å². The lowest BCUT2D eigenvalue weighted by Gasteiger charge is -2.31. The number of aliphatic hydroxyl groups is 1. The van der Waals surface area contributed by atoms with Crippen molar-refractivity contribution in [3.05, 3.63) is 29.8 Å². The molecular formula is C18H29N3O2S. The van der Waals surface area contributed by atoms with Gasteiger partial charge in [-0.2, -0.15) is 11.8 Å². The molecule has 5 nitrogen and oxygen atoms in total. The average Bonchev–Trinajstić information content (AvgIpc) is 2.60. The molecule has 2 rings (SSSR count). The highest BCUT2D eigenvalue weighted by molar-refractivity contribution is 7.98. The van der Waals surface area contributed by atoms with E-state index in [-0.39, 0.29) is 5.91 Å². The van der Waals surface area contributed by atoms with Gasteiger partial charge in [-0.25, -0.2) is 0 Å². The number of nitrogens with one attached hydrogen (secondary N) is 1. The van der Waals surface area contributed by atoms with E-state index >= 15 is 0 Å². The monoisotopic (exact) mass is 351 g/mol. The van der Waals surface area contributed by atoms with Crippen LogP contribution in [0.4, 0.5) is 5.69 Å². The van der Waals surface area contributed by atoms with Crippen molar-refractivity contribution in [1.82, 2.24) is 4.90 Å². The minimum atomic E-state index is -0.460. The number of amides is 1. The zero-order valence-corrected chi connectivity index (χ0v) is 15.2. The first-order valence-electron chi connectivity index (χ1n) is 8.60. The van der Waals surface area contributed by atoms with Crippen LogP contribution in [0.1, 0.15) is 24.8 Å². The maximum Gasteiger partial charge on any atom is 0.241 e. The molecule has 1 fully saturated rings. The molecule has 0 unspecified atom stereocenters. The number of rotatable bonds is 8. The predicted molar refractivity (Wildman–Crippen MR) is 101 cm³/mol. The first kappa shape index (κ1) is 19.2. The number of likely N-dealkylation sites (tertiary alicyclic amines) is 1. The minimum absolute atomic E-state index is 0.120. The van der Waals surface area contributed by atoms with Crippen molar-refractivity contribution in [3.8, 4) is 0 Å². The van der Waals surface area contributed by atoms with E-state index in [1.807, 2.05) is 24.5 Å². The lowest BCUT2D eigenvalue weighted by atomic mass is 9.97. The van der Waals surface area contributed by atoms with Crippen LogP contribution in [0.15, 0.2) is 24.3 Å². The van der Waals surface area contributed by atoms with Crippen molar-refractivity contribution in [2.24, 2.45) is 11.7 Å². The maximum absolute atomic E-state index is 12.1. The fraction of sp³-hybridized carbons (Fsp3) is 0.611. The molecule has 0 saturated carbocycles. The zero-order chi connectivity index (χ0) is 17.4. The second-order valence-electron chi connectivity index (χ2n) is 6.48. The van der Waals surface area contributed by atoms with Gasteiger partial charge in [0.1, 0.15) is 0 Å². The van der Waals surface area contributed by atoms with Gasteiger partial charge in [0.2, 0.25) is 5.91 Å². The number of aliphatic hydroxyl groups excluding tert-OH is 1. The molecule has 0 spiro atoms. The molecule has 6 heteroatoms. The highest BCUT2D eigenvalue weighted by atomic mass is 32.2. The minimum Gasteiger partial charge on any atom is -0.396 e. The molecule has 1 amide bonds. The van der Waals surface area contributed by atoms with Crippen molar-refractivity contribution in [3.63, 3.8) is 0 Å². The summed E-state index contributed by atoms with van der Waals surface area (Å²) in [5, 5.41) is 12.1. The summed E-state index contributed by atoms with van der Waals surface area (Å²) in [6.45, 7) is 3.20. The molecule has 1 heterocycles. The van der Waals surface area contributed by atoms with Gasteiger partial charge in [0.05, 0.1) is 6.04 Å². The average molecular weight is 352 g/mol. The molecule has 1 aliphatic rings. The molecule has 134 valence electrons. The van der Waals surface area contributed by atoms with Crippen LogP contribution < -0.4 is 11.1 Å². The molecule has 0 aliphatic carbocycles. The Kier molecular flexibility index (Phi) is 8.05. The number of anilines is 1. The Bertz CT molecular complexity index is 519. The van der Waals surface area contributed by atoms with Crippen LogP contribution in [0.5, 0.6) is 0 Å². The first-order valence-corrected chi connectivity index (χ1v) is 9.99. The van der Waals surface area contributed by atoms with Crippen LogP contribution in [0.25, 0.3) is 0 Å². The van der Waals surface area contributed by atoms with E-state index in [2.05, 4.69) is 16.3 Å². The third kappa shape index (κ3) is 6.09. The van der Waals surface area contributed by atoms with Gasteiger partial charge in [-0.15, -0.1) is 0 Å². The molecule has 1 aromatic carbocycles. The lowest BCUT2D eigenvalue weighted by molar-refractivity contribution is -0.117. The Morgan fingerprint density at radius 3 is 2.88 bits per heavy atom.